The fourth-order valence-corrected chi connectivity index (χ4v) is 4.32. The van der Waals surface area contributed by atoms with E-state index < -0.39 is 16.4 Å². The van der Waals surface area contributed by atoms with Crippen LogP contribution in [0.1, 0.15) is 25.3 Å². The van der Waals surface area contributed by atoms with Gasteiger partial charge in [-0.1, -0.05) is 61.9 Å². The van der Waals surface area contributed by atoms with Crippen molar-refractivity contribution in [2.75, 3.05) is 0 Å². The Kier molecular flexibility index (Phi) is 5.02. The van der Waals surface area contributed by atoms with Gasteiger partial charge in [0, 0.05) is 11.6 Å². The molecule has 0 spiro atoms. The first-order valence-corrected chi connectivity index (χ1v) is 10.6. The summed E-state index contributed by atoms with van der Waals surface area (Å²) in [7, 11) is 0. The maximum absolute atomic E-state index is 12.3. The number of amidine groups is 1. The SMILES string of the molecule is CCCC1=CC2=NC=C[N+]2(C(=O)O)N1Cc1ccc(-c2ccccc2-c2nc(=O)o[nH]2)cc1. The standard InChI is InChI=1S/C24H21N5O4/c1-2-5-18-14-21-25-12-13-29(21,24(31)32)28(18)15-16-8-10-17(11-9-16)19-6-3-4-7-20(19)22-26-23(30)33-27-22/h3-4,6-14H,2,5,15H2,1H3,(H-,26,27,30,31,32)/p+1. The predicted octanol–water partition coefficient (Wildman–Crippen LogP) is 4.49. The summed E-state index contributed by atoms with van der Waals surface area (Å²) in [5.74, 6) is 0.191. The molecule has 1 aromatic heterocycles. The molecule has 2 N–H and O–H groups in total. The summed E-state index contributed by atoms with van der Waals surface area (Å²) in [5.41, 5.74) is 4.50. The Morgan fingerprint density at radius 1 is 1.15 bits per heavy atom. The van der Waals surface area contributed by atoms with E-state index in [-0.39, 0.29) is 0 Å². The number of nitrogens with zero attached hydrogens (tertiary/aromatic N) is 4. The number of quaternary nitrogens is 1. The Hall–Kier alpha value is -4.24. The average Bonchev–Trinajstić information content (AvgIpc) is 3.51. The summed E-state index contributed by atoms with van der Waals surface area (Å²) < 4.78 is 4.30. The fraction of sp³-hybridized carbons (Fsp3) is 0.167. The maximum atomic E-state index is 12.3. The molecule has 0 radical (unpaired) electrons. The van der Waals surface area contributed by atoms with Crippen LogP contribution in [0, 0.1) is 0 Å². The number of aromatic nitrogens is 2. The molecular formula is C24H22N5O4+. The molecule has 1 atom stereocenters. The molecule has 5 rings (SSSR count). The van der Waals surface area contributed by atoms with Crippen LogP contribution in [-0.2, 0) is 6.54 Å². The Labute approximate surface area is 189 Å². The molecular weight excluding hydrogens is 422 g/mol. The van der Waals surface area contributed by atoms with E-state index in [1.165, 1.54) is 0 Å². The number of hydrogen-bond donors (Lipinski definition) is 2. The fourth-order valence-electron chi connectivity index (χ4n) is 4.32. The lowest BCUT2D eigenvalue weighted by atomic mass is 9.98. The molecule has 3 aromatic rings. The number of nitrogens with one attached hydrogen (secondary N) is 1. The minimum Gasteiger partial charge on any atom is -0.433 e. The third kappa shape index (κ3) is 3.39. The van der Waals surface area contributed by atoms with E-state index in [0.29, 0.717) is 18.2 Å². The number of hydrogen-bond acceptors (Lipinski definition) is 6. The predicted molar refractivity (Wildman–Crippen MR) is 121 cm³/mol. The number of aliphatic imine (C=N–C) groups is 1. The van der Waals surface area contributed by atoms with Gasteiger partial charge in [0.1, 0.15) is 0 Å². The Morgan fingerprint density at radius 3 is 2.58 bits per heavy atom. The van der Waals surface area contributed by atoms with Crippen LogP contribution >= 0.6 is 0 Å². The number of allylic oxidation sites excluding steroid dienone is 1. The van der Waals surface area contributed by atoms with Crippen molar-refractivity contribution in [1.29, 1.82) is 0 Å². The largest absolute Gasteiger partial charge is 0.550 e. The highest BCUT2D eigenvalue weighted by Crippen LogP contribution is 2.36. The third-order valence-corrected chi connectivity index (χ3v) is 5.86. The molecule has 2 aliphatic heterocycles. The van der Waals surface area contributed by atoms with E-state index >= 15 is 0 Å². The lowest BCUT2D eigenvalue weighted by Crippen LogP contribution is -2.57. The zero-order valence-corrected chi connectivity index (χ0v) is 17.9. The Balaban J connectivity index is 1.46. The number of carboxylic acid groups (broad SMARTS) is 1. The third-order valence-electron chi connectivity index (χ3n) is 5.86. The first-order chi connectivity index (χ1) is 16.0. The zero-order chi connectivity index (χ0) is 23.0. The number of benzene rings is 2. The molecule has 2 aliphatic rings. The van der Waals surface area contributed by atoms with Gasteiger partial charge in [-0.2, -0.15) is 19.9 Å². The summed E-state index contributed by atoms with van der Waals surface area (Å²) in [4.78, 5) is 31.8. The first-order valence-electron chi connectivity index (χ1n) is 10.6. The normalized spacial score (nSPS) is 18.9. The van der Waals surface area contributed by atoms with Crippen molar-refractivity contribution in [3.63, 3.8) is 0 Å². The number of amides is 1. The van der Waals surface area contributed by atoms with Gasteiger partial charge in [0.2, 0.25) is 0 Å². The second kappa shape index (κ2) is 8.03. The number of aromatic amines is 1. The van der Waals surface area contributed by atoms with Crippen molar-refractivity contribution < 1.29 is 19.0 Å². The maximum Gasteiger partial charge on any atom is 0.550 e. The molecule has 9 nitrogen and oxygen atoms in total. The van der Waals surface area contributed by atoms with E-state index in [9.17, 15) is 14.7 Å². The highest BCUT2D eigenvalue weighted by molar-refractivity contribution is 5.97. The van der Waals surface area contributed by atoms with Crippen molar-refractivity contribution in [2.45, 2.75) is 26.3 Å². The van der Waals surface area contributed by atoms with Crippen molar-refractivity contribution >= 4 is 11.9 Å². The molecule has 0 bridgehead atoms. The molecule has 1 amide bonds. The quantitative estimate of drug-likeness (QED) is 0.542. The zero-order valence-electron chi connectivity index (χ0n) is 17.9. The number of H-pyrrole nitrogens is 1. The lowest BCUT2D eigenvalue weighted by molar-refractivity contribution is -0.834. The van der Waals surface area contributed by atoms with Crippen LogP contribution in [0.3, 0.4) is 0 Å². The highest BCUT2D eigenvalue weighted by atomic mass is 16.5. The Morgan fingerprint density at radius 2 is 1.91 bits per heavy atom. The second-order valence-corrected chi connectivity index (χ2v) is 7.87. The molecule has 0 aliphatic carbocycles. The monoisotopic (exact) mass is 444 g/mol. The van der Waals surface area contributed by atoms with E-state index in [1.54, 1.807) is 12.4 Å². The number of rotatable bonds is 6. The van der Waals surface area contributed by atoms with E-state index in [2.05, 4.69) is 22.1 Å². The molecule has 0 saturated carbocycles. The molecule has 166 valence electrons. The molecule has 9 heteroatoms. The van der Waals surface area contributed by atoms with Crippen molar-refractivity contribution in [1.82, 2.24) is 15.1 Å². The summed E-state index contributed by atoms with van der Waals surface area (Å²) >= 11 is 0. The van der Waals surface area contributed by atoms with Gasteiger partial charge >= 0.3 is 11.8 Å². The van der Waals surface area contributed by atoms with Gasteiger partial charge in [0.05, 0.1) is 18.4 Å². The van der Waals surface area contributed by atoms with Crippen molar-refractivity contribution in [2.24, 2.45) is 4.99 Å². The Bertz CT molecular complexity index is 1370. The average molecular weight is 444 g/mol. The summed E-state index contributed by atoms with van der Waals surface area (Å²) in [5, 5.41) is 14.5. The summed E-state index contributed by atoms with van der Waals surface area (Å²) in [6, 6.07) is 15.5. The van der Waals surface area contributed by atoms with Gasteiger partial charge in [0.15, 0.2) is 12.0 Å². The van der Waals surface area contributed by atoms with Crippen LogP contribution in [0.25, 0.3) is 22.5 Å². The van der Waals surface area contributed by atoms with E-state index in [0.717, 1.165) is 40.8 Å². The van der Waals surface area contributed by atoms with Crippen molar-refractivity contribution in [3.8, 4) is 22.5 Å². The first kappa shape index (κ1) is 20.7. The minimum absolute atomic E-state index is 0.367. The van der Waals surface area contributed by atoms with Gasteiger partial charge in [-0.05, 0) is 27.7 Å². The van der Waals surface area contributed by atoms with Gasteiger partial charge in [-0.15, -0.1) is 0 Å². The van der Waals surface area contributed by atoms with E-state index in [1.807, 2.05) is 59.6 Å². The minimum atomic E-state index is -0.989. The van der Waals surface area contributed by atoms with Crippen LogP contribution < -0.4 is 5.76 Å². The second-order valence-electron chi connectivity index (χ2n) is 7.87. The van der Waals surface area contributed by atoms with Gasteiger partial charge in [-0.25, -0.2) is 9.80 Å². The van der Waals surface area contributed by atoms with Gasteiger partial charge < -0.3 is 9.63 Å². The topological polar surface area (TPSA) is 112 Å². The van der Waals surface area contributed by atoms with Crippen LogP contribution in [0.15, 0.2) is 87.0 Å². The van der Waals surface area contributed by atoms with Crippen molar-refractivity contribution in [3.05, 3.63) is 88.8 Å². The lowest BCUT2D eigenvalue weighted by Gasteiger charge is -2.33. The molecule has 2 aromatic carbocycles. The van der Waals surface area contributed by atoms with E-state index in [4.69, 9.17) is 4.52 Å². The summed E-state index contributed by atoms with van der Waals surface area (Å²) in [6.45, 7) is 2.49. The molecule has 0 fully saturated rings. The molecule has 33 heavy (non-hydrogen) atoms. The molecule has 0 saturated heterocycles. The van der Waals surface area contributed by atoms with Gasteiger partial charge in [0.25, 0.3) is 5.84 Å². The number of fused-ring (bicyclic) bond motifs is 1. The van der Waals surface area contributed by atoms with Crippen LogP contribution in [0.2, 0.25) is 0 Å². The number of carbonyl (C=O) groups is 1. The summed E-state index contributed by atoms with van der Waals surface area (Å²) in [6.07, 6.45) is 5.70. The van der Waals surface area contributed by atoms with Crippen LogP contribution in [0.5, 0.6) is 0 Å². The highest BCUT2D eigenvalue weighted by Gasteiger charge is 2.54. The molecule has 3 heterocycles. The smallest absolute Gasteiger partial charge is 0.433 e. The van der Waals surface area contributed by atoms with Crippen LogP contribution in [-0.4, -0.2) is 36.8 Å². The molecule has 1 unspecified atom stereocenters. The van der Waals surface area contributed by atoms with Gasteiger partial charge in [-0.3, -0.25) is 0 Å². The van der Waals surface area contributed by atoms with Crippen LogP contribution in [0.4, 0.5) is 4.79 Å².